The molecule has 136 valence electrons. The van der Waals surface area contributed by atoms with Crippen LogP contribution >= 0.6 is 39.1 Å². The molecule has 4 rings (SSSR count). The number of imidazole rings is 1. The van der Waals surface area contributed by atoms with Crippen LogP contribution < -0.4 is 10.2 Å². The number of fused-ring (bicyclic) bond motifs is 1. The number of aromatic amines is 1. The average molecular weight is 455 g/mol. The molecule has 2 aromatic heterocycles. The third-order valence-corrected chi connectivity index (χ3v) is 5.42. The molecule has 0 radical (unpaired) electrons. The topological polar surface area (TPSA) is 56.8 Å². The van der Waals surface area contributed by atoms with Crippen LogP contribution in [-0.2, 0) is 6.54 Å². The molecule has 2 N–H and O–H groups in total. The van der Waals surface area contributed by atoms with Crippen LogP contribution in [0.25, 0.3) is 11.2 Å². The molecule has 1 aliphatic heterocycles. The van der Waals surface area contributed by atoms with E-state index >= 15 is 0 Å². The molecule has 1 fully saturated rings. The first-order valence-corrected chi connectivity index (χ1v) is 10.1. The average Bonchev–Trinajstić information content (AvgIpc) is 3.03. The second-order valence-electron chi connectivity index (χ2n) is 6.51. The lowest BCUT2D eigenvalue weighted by molar-refractivity contribution is 0.419. The van der Waals surface area contributed by atoms with Gasteiger partial charge in [0.05, 0.1) is 5.52 Å². The van der Waals surface area contributed by atoms with E-state index in [0.717, 1.165) is 53.4 Å². The fraction of sp³-hybridized carbons (Fsp3) is 0.333. The predicted octanol–water partition coefficient (Wildman–Crippen LogP) is 4.79. The summed E-state index contributed by atoms with van der Waals surface area (Å²) in [5.74, 6) is 0.853. The minimum Gasteiger partial charge on any atom is -0.341 e. The Balaban J connectivity index is 1.43. The molecule has 8 heteroatoms. The third-order valence-electron chi connectivity index (χ3n) is 4.54. The number of hydrogen-bond donors (Lipinski definition) is 2. The first-order chi connectivity index (χ1) is 12.6. The quantitative estimate of drug-likeness (QED) is 0.556. The van der Waals surface area contributed by atoms with Crippen LogP contribution in [0.15, 0.2) is 34.8 Å². The maximum Gasteiger partial charge on any atom is 0.205 e. The summed E-state index contributed by atoms with van der Waals surface area (Å²) in [6.07, 6.45) is 2.25. The Bertz CT molecular complexity index is 909. The van der Waals surface area contributed by atoms with E-state index in [2.05, 4.69) is 47.2 Å². The van der Waals surface area contributed by atoms with Crippen LogP contribution in [-0.4, -0.2) is 34.1 Å². The fourth-order valence-corrected chi connectivity index (χ4v) is 4.39. The number of nitrogens with one attached hydrogen (secondary N) is 2. The zero-order valence-electron chi connectivity index (χ0n) is 14.0. The van der Waals surface area contributed by atoms with Crippen molar-refractivity contribution in [3.8, 4) is 0 Å². The van der Waals surface area contributed by atoms with Gasteiger partial charge in [0, 0.05) is 35.2 Å². The molecule has 1 saturated heterocycles. The molecule has 0 aliphatic carbocycles. The van der Waals surface area contributed by atoms with Gasteiger partial charge >= 0.3 is 0 Å². The maximum absolute atomic E-state index is 6.13. The van der Waals surface area contributed by atoms with Gasteiger partial charge in [-0.15, -0.1) is 0 Å². The van der Waals surface area contributed by atoms with Crippen molar-refractivity contribution in [2.45, 2.75) is 25.4 Å². The first kappa shape index (κ1) is 18.0. The molecule has 5 nitrogen and oxygen atoms in total. The van der Waals surface area contributed by atoms with Crippen molar-refractivity contribution in [2.24, 2.45) is 0 Å². The van der Waals surface area contributed by atoms with Gasteiger partial charge in [0.1, 0.15) is 5.15 Å². The normalized spacial score (nSPS) is 17.8. The van der Waals surface area contributed by atoms with Gasteiger partial charge in [0.25, 0.3) is 0 Å². The number of benzene rings is 1. The number of pyridine rings is 1. The highest BCUT2D eigenvalue weighted by Crippen LogP contribution is 2.22. The Morgan fingerprint density at radius 2 is 2.12 bits per heavy atom. The molecule has 0 spiro atoms. The van der Waals surface area contributed by atoms with Crippen LogP contribution in [0.4, 0.5) is 5.95 Å². The SMILES string of the molecule is Clc1cc(Br)cc(CNC2CCCN(c3nc4nc(Cl)ccc4[nH]3)C2)c1. The molecule has 0 amide bonds. The Hall–Kier alpha value is -1.34. The lowest BCUT2D eigenvalue weighted by atomic mass is 10.1. The molecule has 1 atom stereocenters. The van der Waals surface area contributed by atoms with Gasteiger partial charge in [-0.1, -0.05) is 39.1 Å². The lowest BCUT2D eigenvalue weighted by Crippen LogP contribution is -2.45. The summed E-state index contributed by atoms with van der Waals surface area (Å²) in [6, 6.07) is 10.1. The number of piperidine rings is 1. The van der Waals surface area contributed by atoms with Crippen LogP contribution in [0.1, 0.15) is 18.4 Å². The molecular weight excluding hydrogens is 437 g/mol. The van der Waals surface area contributed by atoms with Crippen molar-refractivity contribution in [2.75, 3.05) is 18.0 Å². The minimum atomic E-state index is 0.395. The van der Waals surface area contributed by atoms with Crippen molar-refractivity contribution in [1.82, 2.24) is 20.3 Å². The van der Waals surface area contributed by atoms with E-state index in [9.17, 15) is 0 Å². The summed E-state index contributed by atoms with van der Waals surface area (Å²) in [6.45, 7) is 2.67. The van der Waals surface area contributed by atoms with E-state index in [4.69, 9.17) is 23.2 Å². The lowest BCUT2D eigenvalue weighted by Gasteiger charge is -2.33. The highest BCUT2D eigenvalue weighted by atomic mass is 79.9. The summed E-state index contributed by atoms with van der Waals surface area (Å²) >= 11 is 15.6. The predicted molar refractivity (Wildman–Crippen MR) is 110 cm³/mol. The standard InChI is InChI=1S/C18H18BrCl2N5/c19-12-6-11(7-13(20)8-12)9-22-14-2-1-5-26(10-14)18-23-15-3-4-16(21)24-17(15)25-18/h3-4,6-8,14,22H,1-2,5,9-10H2,(H,23,24,25). The zero-order valence-corrected chi connectivity index (χ0v) is 17.1. The highest BCUT2D eigenvalue weighted by Gasteiger charge is 2.22. The molecule has 1 unspecified atom stereocenters. The van der Waals surface area contributed by atoms with Crippen molar-refractivity contribution >= 4 is 56.2 Å². The third kappa shape index (κ3) is 4.14. The van der Waals surface area contributed by atoms with Crippen molar-refractivity contribution < 1.29 is 0 Å². The summed E-state index contributed by atoms with van der Waals surface area (Å²) in [7, 11) is 0. The molecule has 1 aromatic carbocycles. The van der Waals surface area contributed by atoms with Gasteiger partial charge in [0.15, 0.2) is 5.65 Å². The molecular formula is C18H18BrCl2N5. The van der Waals surface area contributed by atoms with Crippen LogP contribution in [0.5, 0.6) is 0 Å². The van der Waals surface area contributed by atoms with Gasteiger partial charge in [-0.3, -0.25) is 0 Å². The molecule has 26 heavy (non-hydrogen) atoms. The molecule has 3 aromatic rings. The van der Waals surface area contributed by atoms with Crippen LogP contribution in [0.2, 0.25) is 10.2 Å². The van der Waals surface area contributed by atoms with E-state index in [1.165, 1.54) is 5.56 Å². The minimum absolute atomic E-state index is 0.395. The van der Waals surface area contributed by atoms with E-state index in [0.29, 0.717) is 16.8 Å². The van der Waals surface area contributed by atoms with Gasteiger partial charge in [-0.05, 0) is 48.7 Å². The molecule has 0 bridgehead atoms. The van der Waals surface area contributed by atoms with E-state index in [1.807, 2.05) is 18.2 Å². The number of aromatic nitrogens is 3. The number of anilines is 1. The van der Waals surface area contributed by atoms with Gasteiger partial charge in [-0.2, -0.15) is 4.98 Å². The Kier molecular flexibility index (Phi) is 5.36. The Labute approximate surface area is 170 Å². The van der Waals surface area contributed by atoms with Crippen LogP contribution in [0.3, 0.4) is 0 Å². The molecule has 3 heterocycles. The molecule has 1 aliphatic rings. The summed E-state index contributed by atoms with van der Waals surface area (Å²) in [5, 5.41) is 4.84. The van der Waals surface area contributed by atoms with Gasteiger partial charge < -0.3 is 15.2 Å². The molecule has 0 saturated carbocycles. The van der Waals surface area contributed by atoms with E-state index in [1.54, 1.807) is 6.07 Å². The number of hydrogen-bond acceptors (Lipinski definition) is 4. The van der Waals surface area contributed by atoms with Gasteiger partial charge in [0.2, 0.25) is 5.95 Å². The monoisotopic (exact) mass is 453 g/mol. The van der Waals surface area contributed by atoms with E-state index < -0.39 is 0 Å². The van der Waals surface area contributed by atoms with Gasteiger partial charge in [-0.25, -0.2) is 4.98 Å². The number of nitrogens with zero attached hydrogens (tertiary/aromatic N) is 3. The smallest absolute Gasteiger partial charge is 0.205 e. The van der Waals surface area contributed by atoms with Crippen molar-refractivity contribution in [3.63, 3.8) is 0 Å². The zero-order chi connectivity index (χ0) is 18.1. The van der Waals surface area contributed by atoms with E-state index in [-0.39, 0.29) is 0 Å². The summed E-state index contributed by atoms with van der Waals surface area (Å²) in [4.78, 5) is 14.5. The van der Waals surface area contributed by atoms with Crippen molar-refractivity contribution in [1.29, 1.82) is 0 Å². The fourth-order valence-electron chi connectivity index (χ4n) is 3.32. The van der Waals surface area contributed by atoms with Crippen molar-refractivity contribution in [3.05, 3.63) is 50.5 Å². The number of H-pyrrole nitrogens is 1. The largest absolute Gasteiger partial charge is 0.341 e. The van der Waals surface area contributed by atoms with Crippen LogP contribution in [0, 0.1) is 0 Å². The maximum atomic E-state index is 6.13. The number of halogens is 3. The number of rotatable bonds is 4. The second-order valence-corrected chi connectivity index (χ2v) is 8.25. The second kappa shape index (κ2) is 7.72. The summed E-state index contributed by atoms with van der Waals surface area (Å²) < 4.78 is 1.00. The summed E-state index contributed by atoms with van der Waals surface area (Å²) in [5.41, 5.74) is 2.73. The first-order valence-electron chi connectivity index (χ1n) is 8.52. The highest BCUT2D eigenvalue weighted by molar-refractivity contribution is 9.10. The Morgan fingerprint density at radius 1 is 1.23 bits per heavy atom. The Morgan fingerprint density at radius 3 is 2.96 bits per heavy atom.